The molecule has 0 spiro atoms. The van der Waals surface area contributed by atoms with Crippen molar-refractivity contribution >= 4 is 0 Å². The van der Waals surface area contributed by atoms with Crippen LogP contribution in [0.4, 0.5) is 0 Å². The number of rotatable bonds is 4. The van der Waals surface area contributed by atoms with E-state index in [0.717, 1.165) is 50.0 Å². The van der Waals surface area contributed by atoms with Gasteiger partial charge in [-0.25, -0.2) is 4.98 Å². The molecule has 0 aromatic carbocycles. The van der Waals surface area contributed by atoms with Crippen molar-refractivity contribution in [2.45, 2.75) is 33.0 Å². The van der Waals surface area contributed by atoms with E-state index in [0.29, 0.717) is 6.04 Å². The minimum atomic E-state index is 0.517. The van der Waals surface area contributed by atoms with E-state index in [1.807, 2.05) is 25.4 Å². The highest BCUT2D eigenvalue weighted by Crippen LogP contribution is 2.15. The molecule has 1 aliphatic heterocycles. The summed E-state index contributed by atoms with van der Waals surface area (Å²) in [6.45, 7) is 9.18. The summed E-state index contributed by atoms with van der Waals surface area (Å²) in [5, 5.41) is 4.08. The van der Waals surface area contributed by atoms with E-state index >= 15 is 0 Å². The molecule has 0 radical (unpaired) electrons. The van der Waals surface area contributed by atoms with Crippen LogP contribution >= 0.6 is 0 Å². The maximum Gasteiger partial charge on any atom is 0.133 e. The third-order valence-corrected chi connectivity index (χ3v) is 4.18. The van der Waals surface area contributed by atoms with Crippen LogP contribution in [0.25, 0.3) is 0 Å². The van der Waals surface area contributed by atoms with Gasteiger partial charge in [-0.05, 0) is 13.8 Å². The molecule has 6 nitrogen and oxygen atoms in total. The third kappa shape index (κ3) is 3.33. The first kappa shape index (κ1) is 14.3. The second-order valence-electron chi connectivity index (χ2n) is 5.94. The van der Waals surface area contributed by atoms with Crippen LogP contribution in [-0.4, -0.2) is 50.2 Å². The molecule has 3 rings (SSSR count). The van der Waals surface area contributed by atoms with Crippen molar-refractivity contribution in [3.8, 4) is 0 Å². The summed E-state index contributed by atoms with van der Waals surface area (Å²) >= 11 is 0. The van der Waals surface area contributed by atoms with Crippen LogP contribution in [-0.2, 0) is 20.1 Å². The largest absolute Gasteiger partial charge is 0.361 e. The van der Waals surface area contributed by atoms with Gasteiger partial charge in [-0.15, -0.1) is 0 Å². The first-order valence-corrected chi connectivity index (χ1v) is 7.46. The van der Waals surface area contributed by atoms with Crippen molar-refractivity contribution in [3.05, 3.63) is 35.7 Å². The average molecular weight is 289 g/mol. The number of piperazine rings is 1. The molecule has 3 heterocycles. The van der Waals surface area contributed by atoms with Crippen molar-refractivity contribution in [2.24, 2.45) is 7.05 Å². The van der Waals surface area contributed by atoms with Gasteiger partial charge < -0.3 is 9.09 Å². The lowest BCUT2D eigenvalue weighted by Crippen LogP contribution is -2.51. The van der Waals surface area contributed by atoms with E-state index < -0.39 is 0 Å². The van der Waals surface area contributed by atoms with Crippen LogP contribution < -0.4 is 0 Å². The van der Waals surface area contributed by atoms with Gasteiger partial charge in [0.1, 0.15) is 11.6 Å². The van der Waals surface area contributed by atoms with Crippen LogP contribution in [0.15, 0.2) is 23.0 Å². The average Bonchev–Trinajstić information content (AvgIpc) is 3.02. The molecule has 6 heteroatoms. The highest BCUT2D eigenvalue weighted by molar-refractivity contribution is 5.03. The molecule has 0 saturated carbocycles. The molecule has 1 unspecified atom stereocenters. The second-order valence-corrected chi connectivity index (χ2v) is 5.94. The van der Waals surface area contributed by atoms with E-state index in [1.165, 1.54) is 0 Å². The fraction of sp³-hybridized carbons (Fsp3) is 0.600. The minimum absolute atomic E-state index is 0.517. The molecule has 1 fully saturated rings. The zero-order valence-corrected chi connectivity index (χ0v) is 13.0. The predicted octanol–water partition coefficient (Wildman–Crippen LogP) is 1.42. The Morgan fingerprint density at radius 1 is 1.33 bits per heavy atom. The summed E-state index contributed by atoms with van der Waals surface area (Å²) in [4.78, 5) is 9.35. The molecular weight excluding hydrogens is 266 g/mol. The molecule has 1 atom stereocenters. The highest BCUT2D eigenvalue weighted by Gasteiger charge is 2.25. The quantitative estimate of drug-likeness (QED) is 0.852. The van der Waals surface area contributed by atoms with Gasteiger partial charge in [0.15, 0.2) is 0 Å². The number of nitrogens with zero attached hydrogens (tertiary/aromatic N) is 5. The SMILES string of the molecule is Cc1cc(CN2CCN(Cc3nccn3C)C(C)C2)no1. The van der Waals surface area contributed by atoms with Gasteiger partial charge in [0, 0.05) is 57.7 Å². The summed E-state index contributed by atoms with van der Waals surface area (Å²) in [7, 11) is 2.05. The Morgan fingerprint density at radius 2 is 2.19 bits per heavy atom. The summed E-state index contributed by atoms with van der Waals surface area (Å²) < 4.78 is 7.23. The van der Waals surface area contributed by atoms with Gasteiger partial charge in [-0.1, -0.05) is 5.16 Å². The second kappa shape index (κ2) is 5.99. The maximum absolute atomic E-state index is 5.14. The molecule has 0 bridgehead atoms. The molecule has 2 aromatic heterocycles. The highest BCUT2D eigenvalue weighted by atomic mass is 16.5. The Bertz CT molecular complexity index is 590. The van der Waals surface area contributed by atoms with E-state index in [2.05, 4.69) is 38.5 Å². The lowest BCUT2D eigenvalue weighted by Gasteiger charge is -2.39. The van der Waals surface area contributed by atoms with E-state index in [-0.39, 0.29) is 0 Å². The first-order valence-electron chi connectivity index (χ1n) is 7.46. The molecule has 0 N–H and O–H groups in total. The molecule has 21 heavy (non-hydrogen) atoms. The van der Waals surface area contributed by atoms with E-state index in [1.54, 1.807) is 0 Å². The van der Waals surface area contributed by atoms with Gasteiger partial charge in [-0.2, -0.15) is 0 Å². The lowest BCUT2D eigenvalue weighted by molar-refractivity contribution is 0.0694. The van der Waals surface area contributed by atoms with Crippen LogP contribution in [0.2, 0.25) is 0 Å². The zero-order chi connectivity index (χ0) is 14.8. The van der Waals surface area contributed by atoms with Crippen molar-refractivity contribution in [2.75, 3.05) is 19.6 Å². The van der Waals surface area contributed by atoms with Crippen molar-refractivity contribution in [1.29, 1.82) is 0 Å². The maximum atomic E-state index is 5.14. The standard InChI is InChI=1S/C15H23N5O/c1-12-9-19(10-14-8-13(2)21-17-14)6-7-20(12)11-15-16-4-5-18(15)3/h4-5,8,12H,6-7,9-11H2,1-3H3. The monoisotopic (exact) mass is 289 g/mol. The fourth-order valence-electron chi connectivity index (χ4n) is 2.90. The topological polar surface area (TPSA) is 50.3 Å². The van der Waals surface area contributed by atoms with E-state index in [4.69, 9.17) is 4.52 Å². The number of aryl methyl sites for hydroxylation is 2. The number of imidazole rings is 1. The van der Waals surface area contributed by atoms with Gasteiger partial charge in [-0.3, -0.25) is 9.80 Å². The van der Waals surface area contributed by atoms with Gasteiger partial charge in [0.25, 0.3) is 0 Å². The third-order valence-electron chi connectivity index (χ3n) is 4.18. The fourth-order valence-corrected chi connectivity index (χ4v) is 2.90. The molecule has 114 valence electrons. The normalized spacial score (nSPS) is 21.0. The van der Waals surface area contributed by atoms with Crippen LogP contribution in [0.1, 0.15) is 24.2 Å². The van der Waals surface area contributed by atoms with Gasteiger partial charge in [0.05, 0.1) is 12.2 Å². The molecule has 1 saturated heterocycles. The molecule has 0 aliphatic carbocycles. The summed E-state index contributed by atoms with van der Waals surface area (Å²) in [6, 6.07) is 2.54. The van der Waals surface area contributed by atoms with Crippen LogP contribution in [0.5, 0.6) is 0 Å². The molecule has 2 aromatic rings. The van der Waals surface area contributed by atoms with Gasteiger partial charge in [0.2, 0.25) is 0 Å². The van der Waals surface area contributed by atoms with Crippen molar-refractivity contribution in [1.82, 2.24) is 24.5 Å². The summed E-state index contributed by atoms with van der Waals surface area (Å²) in [5.74, 6) is 2.01. The Hall–Kier alpha value is -1.66. The molecule has 0 amide bonds. The van der Waals surface area contributed by atoms with Gasteiger partial charge >= 0.3 is 0 Å². The Balaban J connectivity index is 1.55. The number of aromatic nitrogens is 3. The smallest absolute Gasteiger partial charge is 0.133 e. The van der Waals surface area contributed by atoms with E-state index in [9.17, 15) is 0 Å². The van der Waals surface area contributed by atoms with Crippen molar-refractivity contribution < 1.29 is 4.52 Å². The Labute approximate surface area is 125 Å². The lowest BCUT2D eigenvalue weighted by atomic mass is 10.2. The molecular formula is C15H23N5O. The first-order chi connectivity index (χ1) is 10.1. The predicted molar refractivity (Wildman–Crippen MR) is 79.6 cm³/mol. The Kier molecular flexibility index (Phi) is 4.07. The summed E-state index contributed by atoms with van der Waals surface area (Å²) in [5.41, 5.74) is 1.03. The van der Waals surface area contributed by atoms with Crippen molar-refractivity contribution in [3.63, 3.8) is 0 Å². The number of hydrogen-bond acceptors (Lipinski definition) is 5. The Morgan fingerprint density at radius 3 is 2.81 bits per heavy atom. The zero-order valence-electron chi connectivity index (χ0n) is 13.0. The van der Waals surface area contributed by atoms with Crippen LogP contribution in [0.3, 0.4) is 0 Å². The minimum Gasteiger partial charge on any atom is -0.361 e. The van der Waals surface area contributed by atoms with Crippen LogP contribution in [0, 0.1) is 6.92 Å². The number of hydrogen-bond donors (Lipinski definition) is 0. The molecule has 1 aliphatic rings. The summed E-state index contributed by atoms with van der Waals surface area (Å²) in [6.07, 6.45) is 3.87.